The van der Waals surface area contributed by atoms with Gasteiger partial charge in [0.1, 0.15) is 17.3 Å². The van der Waals surface area contributed by atoms with Gasteiger partial charge in [0.15, 0.2) is 0 Å². The largest absolute Gasteiger partial charge is 0.457 e. The van der Waals surface area contributed by atoms with Crippen LogP contribution in [0.2, 0.25) is 0 Å². The molecule has 0 bridgehead atoms. The van der Waals surface area contributed by atoms with E-state index in [1.165, 1.54) is 0 Å². The molecule has 8 nitrogen and oxygen atoms in total. The lowest BCUT2D eigenvalue weighted by molar-refractivity contribution is 0.284. The van der Waals surface area contributed by atoms with E-state index in [0.717, 1.165) is 48.9 Å². The molecule has 1 aliphatic carbocycles. The maximum Gasteiger partial charge on any atom is 0.240 e. The Morgan fingerprint density at radius 3 is 2.10 bits per heavy atom. The number of benzene rings is 3. The molecule has 204 valence electrons. The minimum absolute atomic E-state index is 0.244. The summed E-state index contributed by atoms with van der Waals surface area (Å²) in [4.78, 5) is 11.7. The monoisotopic (exact) mass is 545 g/mol. The van der Waals surface area contributed by atoms with Crippen LogP contribution in [0.3, 0.4) is 0 Å². The van der Waals surface area contributed by atoms with Gasteiger partial charge in [-0.2, -0.15) is 4.98 Å². The van der Waals surface area contributed by atoms with Gasteiger partial charge in [-0.3, -0.25) is 0 Å². The molecule has 2 N–H and O–H groups in total. The molecule has 0 aliphatic heterocycles. The van der Waals surface area contributed by atoms with Crippen molar-refractivity contribution >= 4 is 32.7 Å². The summed E-state index contributed by atoms with van der Waals surface area (Å²) in [5.74, 6) is 3.69. The molecule has 9 heteroatoms. The second kappa shape index (κ2) is 12.0. The van der Waals surface area contributed by atoms with Gasteiger partial charge in [-0.15, -0.1) is 0 Å². The summed E-state index contributed by atoms with van der Waals surface area (Å²) < 4.78 is 34.3. The maximum atomic E-state index is 12.9. The summed E-state index contributed by atoms with van der Waals surface area (Å²) >= 11 is 0. The number of anilines is 2. The Bertz CT molecular complexity index is 1490. The van der Waals surface area contributed by atoms with Crippen molar-refractivity contribution < 1.29 is 13.2 Å². The van der Waals surface area contributed by atoms with Crippen LogP contribution in [-0.4, -0.2) is 45.6 Å². The van der Waals surface area contributed by atoms with Gasteiger partial charge in [0.25, 0.3) is 0 Å². The first-order valence-electron chi connectivity index (χ1n) is 13.4. The predicted molar refractivity (Wildman–Crippen MR) is 156 cm³/mol. The zero-order valence-electron chi connectivity index (χ0n) is 22.4. The summed E-state index contributed by atoms with van der Waals surface area (Å²) in [6.45, 7) is 1.26. The van der Waals surface area contributed by atoms with E-state index >= 15 is 0 Å². The standard InChI is InChI=1S/C30H35N5O3S/c1-35(2)29-27-10-6-7-11-28(27)33-30(34-29)31-20-22-12-14-23(15-13-22)21-32-39(36,37)26-18-16-25(17-19-26)38-24-8-4-3-5-9-24/h3-11,16-19,22-23,32H,12-15,20-21H2,1-2H3,(H,31,33,34)/t22-,23-. The Kier molecular flexibility index (Phi) is 8.28. The van der Waals surface area contributed by atoms with Crippen molar-refractivity contribution in [3.63, 3.8) is 0 Å². The van der Waals surface area contributed by atoms with Crippen LogP contribution in [0.25, 0.3) is 10.9 Å². The van der Waals surface area contributed by atoms with Gasteiger partial charge in [-0.25, -0.2) is 18.1 Å². The van der Waals surface area contributed by atoms with Gasteiger partial charge in [0, 0.05) is 32.6 Å². The topological polar surface area (TPSA) is 96.5 Å². The molecule has 3 aromatic carbocycles. The van der Waals surface area contributed by atoms with Crippen LogP contribution in [0.5, 0.6) is 11.5 Å². The number of fused-ring (bicyclic) bond motifs is 1. The Balaban J connectivity index is 1.09. The Hall–Kier alpha value is -3.69. The van der Waals surface area contributed by atoms with Crippen molar-refractivity contribution in [3.05, 3.63) is 78.9 Å². The van der Waals surface area contributed by atoms with E-state index in [1.807, 2.05) is 73.6 Å². The number of nitrogens with one attached hydrogen (secondary N) is 2. The second-order valence-electron chi connectivity index (χ2n) is 10.3. The van der Waals surface area contributed by atoms with Gasteiger partial charge in [-0.1, -0.05) is 30.3 Å². The van der Waals surface area contributed by atoms with E-state index in [0.29, 0.717) is 35.8 Å². The molecule has 0 atom stereocenters. The van der Waals surface area contributed by atoms with Crippen molar-refractivity contribution in [1.29, 1.82) is 0 Å². The number of aromatic nitrogens is 2. The van der Waals surface area contributed by atoms with Crippen LogP contribution in [0, 0.1) is 11.8 Å². The maximum absolute atomic E-state index is 12.9. The quantitative estimate of drug-likeness (QED) is 0.264. The average molecular weight is 546 g/mol. The smallest absolute Gasteiger partial charge is 0.240 e. The van der Waals surface area contributed by atoms with Crippen molar-refractivity contribution in [2.75, 3.05) is 37.4 Å². The lowest BCUT2D eigenvalue weighted by atomic mass is 9.82. The highest BCUT2D eigenvalue weighted by Gasteiger charge is 2.24. The molecule has 39 heavy (non-hydrogen) atoms. The number of sulfonamides is 1. The van der Waals surface area contributed by atoms with Gasteiger partial charge >= 0.3 is 0 Å². The van der Waals surface area contributed by atoms with Crippen molar-refractivity contribution in [2.45, 2.75) is 30.6 Å². The van der Waals surface area contributed by atoms with E-state index in [-0.39, 0.29) is 4.90 Å². The number of ether oxygens (including phenoxy) is 1. The van der Waals surface area contributed by atoms with Gasteiger partial charge in [0.2, 0.25) is 16.0 Å². The Morgan fingerprint density at radius 2 is 1.41 bits per heavy atom. The molecule has 1 heterocycles. The van der Waals surface area contributed by atoms with Crippen molar-refractivity contribution in [2.24, 2.45) is 11.8 Å². The van der Waals surface area contributed by atoms with E-state index < -0.39 is 10.0 Å². The Labute approximate surface area is 230 Å². The van der Waals surface area contributed by atoms with E-state index in [4.69, 9.17) is 14.7 Å². The van der Waals surface area contributed by atoms with E-state index in [2.05, 4.69) is 10.0 Å². The van der Waals surface area contributed by atoms with Crippen LogP contribution >= 0.6 is 0 Å². The van der Waals surface area contributed by atoms with Gasteiger partial charge in [-0.05, 0) is 86.1 Å². The molecule has 1 saturated carbocycles. The average Bonchev–Trinajstić information content (AvgIpc) is 2.96. The zero-order chi connectivity index (χ0) is 27.2. The fourth-order valence-corrected chi connectivity index (χ4v) is 6.09. The SMILES string of the molecule is CN(C)c1nc(NC[C@H]2CC[C@H](CNS(=O)(=O)c3ccc(Oc4ccccc4)cc3)CC2)nc2ccccc12. The van der Waals surface area contributed by atoms with E-state index in [9.17, 15) is 8.42 Å². The number of para-hydroxylation sites is 2. The number of hydrogen-bond donors (Lipinski definition) is 2. The fraction of sp³-hybridized carbons (Fsp3) is 0.333. The molecule has 0 amide bonds. The molecule has 1 aromatic heterocycles. The molecule has 1 aliphatic rings. The zero-order valence-corrected chi connectivity index (χ0v) is 23.2. The second-order valence-corrected chi connectivity index (χ2v) is 12.1. The summed E-state index contributed by atoms with van der Waals surface area (Å²) in [6, 6.07) is 24.0. The summed E-state index contributed by atoms with van der Waals surface area (Å²) in [6.07, 6.45) is 4.05. The number of rotatable bonds is 10. The Morgan fingerprint density at radius 1 is 0.795 bits per heavy atom. The highest BCUT2D eigenvalue weighted by Crippen LogP contribution is 2.30. The predicted octanol–water partition coefficient (Wildman–Crippen LogP) is 5.68. The summed E-state index contributed by atoms with van der Waals surface area (Å²) in [5, 5.41) is 4.48. The third kappa shape index (κ3) is 6.85. The molecular formula is C30H35N5O3S. The minimum atomic E-state index is -3.58. The molecule has 0 radical (unpaired) electrons. The number of hydrogen-bond acceptors (Lipinski definition) is 7. The van der Waals surface area contributed by atoms with E-state index in [1.54, 1.807) is 24.3 Å². The molecule has 5 rings (SSSR count). The lowest BCUT2D eigenvalue weighted by Crippen LogP contribution is -2.32. The first-order chi connectivity index (χ1) is 18.9. The van der Waals surface area contributed by atoms with Crippen LogP contribution in [0.1, 0.15) is 25.7 Å². The molecule has 0 unspecified atom stereocenters. The van der Waals surface area contributed by atoms with Crippen molar-refractivity contribution in [1.82, 2.24) is 14.7 Å². The fourth-order valence-electron chi connectivity index (χ4n) is 4.98. The van der Waals surface area contributed by atoms with Crippen molar-refractivity contribution in [3.8, 4) is 11.5 Å². The van der Waals surface area contributed by atoms with Crippen LogP contribution in [-0.2, 0) is 10.0 Å². The van der Waals surface area contributed by atoms with Crippen LogP contribution < -0.4 is 19.7 Å². The normalized spacial score (nSPS) is 17.6. The minimum Gasteiger partial charge on any atom is -0.457 e. The molecule has 0 spiro atoms. The third-order valence-corrected chi connectivity index (χ3v) is 8.64. The summed E-state index contributed by atoms with van der Waals surface area (Å²) in [5.41, 5.74) is 0.924. The molecule has 1 fully saturated rings. The lowest BCUT2D eigenvalue weighted by Gasteiger charge is -2.28. The molecule has 4 aromatic rings. The highest BCUT2D eigenvalue weighted by atomic mass is 32.2. The van der Waals surface area contributed by atoms with Crippen LogP contribution in [0.15, 0.2) is 83.8 Å². The first-order valence-corrected chi connectivity index (χ1v) is 14.9. The first kappa shape index (κ1) is 26.9. The number of nitrogens with zero attached hydrogens (tertiary/aromatic N) is 3. The van der Waals surface area contributed by atoms with Crippen LogP contribution in [0.4, 0.5) is 11.8 Å². The highest BCUT2D eigenvalue weighted by molar-refractivity contribution is 7.89. The summed E-state index contributed by atoms with van der Waals surface area (Å²) in [7, 11) is 0.403. The van der Waals surface area contributed by atoms with Gasteiger partial charge < -0.3 is 15.0 Å². The molecule has 0 saturated heterocycles. The van der Waals surface area contributed by atoms with Gasteiger partial charge in [0.05, 0.1) is 10.4 Å². The third-order valence-electron chi connectivity index (χ3n) is 7.20. The molecular weight excluding hydrogens is 510 g/mol.